The number of hydrogen-bond donors (Lipinski definition) is 1. The van der Waals surface area contributed by atoms with Crippen LogP contribution in [0.5, 0.6) is 0 Å². The normalized spacial score (nSPS) is 16.4. The van der Waals surface area contributed by atoms with E-state index >= 15 is 0 Å². The van der Waals surface area contributed by atoms with Gasteiger partial charge in [0.15, 0.2) is 0 Å². The van der Waals surface area contributed by atoms with Crippen LogP contribution in [0.15, 0.2) is 23.1 Å². The van der Waals surface area contributed by atoms with Crippen LogP contribution in [0.3, 0.4) is 0 Å². The summed E-state index contributed by atoms with van der Waals surface area (Å²) >= 11 is 0. The fourth-order valence-electron chi connectivity index (χ4n) is 2.62. The van der Waals surface area contributed by atoms with Crippen molar-refractivity contribution in [3.63, 3.8) is 0 Å². The first-order chi connectivity index (χ1) is 11.7. The highest BCUT2D eigenvalue weighted by atomic mass is 32.2. The van der Waals surface area contributed by atoms with Gasteiger partial charge in [0, 0.05) is 45.3 Å². The van der Waals surface area contributed by atoms with Crippen molar-refractivity contribution in [3.05, 3.63) is 28.3 Å². The van der Waals surface area contributed by atoms with E-state index in [0.29, 0.717) is 25.3 Å². The monoisotopic (exact) mass is 371 g/mol. The van der Waals surface area contributed by atoms with Crippen molar-refractivity contribution in [2.24, 2.45) is 0 Å². The average molecular weight is 371 g/mol. The summed E-state index contributed by atoms with van der Waals surface area (Å²) in [6.45, 7) is 3.74. The number of nitro benzene ring substituents is 1. The maximum Gasteiger partial charge on any atom is 0.293 e. The molecule has 10 heteroatoms. The number of nitrogens with zero attached hydrogens (tertiary/aromatic N) is 4. The molecule has 0 aromatic heterocycles. The predicted molar refractivity (Wildman–Crippen MR) is 96.5 cm³/mol. The van der Waals surface area contributed by atoms with E-state index in [1.54, 1.807) is 0 Å². The third-order valence-electron chi connectivity index (χ3n) is 4.15. The Labute approximate surface area is 148 Å². The summed E-state index contributed by atoms with van der Waals surface area (Å²) in [5.41, 5.74) is 0.283. The summed E-state index contributed by atoms with van der Waals surface area (Å²) in [7, 11) is 1.90. The topological polar surface area (TPSA) is 99.0 Å². The molecule has 1 heterocycles. The van der Waals surface area contributed by atoms with Crippen molar-refractivity contribution in [2.75, 3.05) is 65.3 Å². The van der Waals surface area contributed by atoms with Crippen LogP contribution >= 0.6 is 0 Å². The van der Waals surface area contributed by atoms with Crippen LogP contribution in [0.2, 0.25) is 0 Å². The Bertz CT molecular complexity index is 715. The minimum atomic E-state index is -3.78. The van der Waals surface area contributed by atoms with Gasteiger partial charge < -0.3 is 14.7 Å². The fraction of sp³-hybridized carbons (Fsp3) is 0.600. The number of sulfonamides is 1. The molecule has 1 N–H and O–H groups in total. The van der Waals surface area contributed by atoms with Crippen LogP contribution in [0, 0.1) is 10.1 Å². The molecule has 140 valence electrons. The summed E-state index contributed by atoms with van der Waals surface area (Å²) < 4.78 is 27.2. The zero-order chi connectivity index (χ0) is 18.6. The summed E-state index contributed by atoms with van der Waals surface area (Å²) in [6, 6.07) is 4.11. The smallest absolute Gasteiger partial charge is 0.293 e. The molecule has 0 saturated carbocycles. The zero-order valence-corrected chi connectivity index (χ0v) is 15.6. The number of piperazine rings is 1. The van der Waals surface area contributed by atoms with Crippen molar-refractivity contribution in [1.29, 1.82) is 0 Å². The van der Waals surface area contributed by atoms with Gasteiger partial charge in [0.05, 0.1) is 9.82 Å². The van der Waals surface area contributed by atoms with Gasteiger partial charge in [-0.05, 0) is 33.3 Å². The lowest BCUT2D eigenvalue weighted by molar-refractivity contribution is -0.384. The fourth-order valence-corrected chi connectivity index (χ4v) is 3.66. The molecule has 1 aromatic rings. The molecule has 0 bridgehead atoms. The van der Waals surface area contributed by atoms with E-state index in [1.807, 2.05) is 30.9 Å². The van der Waals surface area contributed by atoms with Crippen molar-refractivity contribution in [2.45, 2.75) is 4.90 Å². The Morgan fingerprint density at radius 3 is 2.44 bits per heavy atom. The van der Waals surface area contributed by atoms with E-state index < -0.39 is 14.9 Å². The Kier molecular flexibility index (Phi) is 6.33. The highest BCUT2D eigenvalue weighted by Gasteiger charge is 2.25. The first kappa shape index (κ1) is 19.6. The van der Waals surface area contributed by atoms with Crippen LogP contribution in [0.25, 0.3) is 0 Å². The van der Waals surface area contributed by atoms with Crippen molar-refractivity contribution < 1.29 is 13.3 Å². The molecule has 1 aliphatic heterocycles. The summed E-state index contributed by atoms with van der Waals surface area (Å²) in [4.78, 5) is 16.8. The molecular weight excluding hydrogens is 346 g/mol. The highest BCUT2D eigenvalue weighted by Crippen LogP contribution is 2.31. The summed E-state index contributed by atoms with van der Waals surface area (Å²) in [5.74, 6) is 0. The zero-order valence-electron chi connectivity index (χ0n) is 14.8. The lowest BCUT2D eigenvalue weighted by atomic mass is 10.2. The molecule has 9 nitrogen and oxygen atoms in total. The molecule has 0 unspecified atom stereocenters. The van der Waals surface area contributed by atoms with Gasteiger partial charge in [-0.15, -0.1) is 0 Å². The van der Waals surface area contributed by atoms with E-state index in [-0.39, 0.29) is 17.1 Å². The van der Waals surface area contributed by atoms with Gasteiger partial charge in [0.25, 0.3) is 5.69 Å². The number of hydrogen-bond acceptors (Lipinski definition) is 7. The molecule has 1 aliphatic rings. The molecule has 1 aromatic carbocycles. The maximum atomic E-state index is 12.3. The van der Waals surface area contributed by atoms with E-state index in [1.165, 1.54) is 12.1 Å². The second-order valence-electron chi connectivity index (χ2n) is 6.40. The van der Waals surface area contributed by atoms with E-state index in [0.717, 1.165) is 19.2 Å². The number of rotatable bonds is 7. The van der Waals surface area contributed by atoms with E-state index in [2.05, 4.69) is 9.62 Å². The Hall–Kier alpha value is -1.75. The van der Waals surface area contributed by atoms with Gasteiger partial charge >= 0.3 is 0 Å². The lowest BCUT2D eigenvalue weighted by Gasteiger charge is -2.33. The third kappa shape index (κ3) is 5.11. The Morgan fingerprint density at radius 2 is 1.88 bits per heavy atom. The van der Waals surface area contributed by atoms with Gasteiger partial charge in [-0.2, -0.15) is 0 Å². The number of anilines is 1. The van der Waals surface area contributed by atoms with Crippen LogP contribution in [-0.2, 0) is 10.0 Å². The molecule has 0 radical (unpaired) electrons. The molecular formula is C15H25N5O4S. The van der Waals surface area contributed by atoms with Gasteiger partial charge in [-0.3, -0.25) is 10.1 Å². The number of nitrogens with one attached hydrogen (secondary N) is 1. The van der Waals surface area contributed by atoms with Gasteiger partial charge in [-0.25, -0.2) is 13.1 Å². The molecule has 0 aliphatic carbocycles. The average Bonchev–Trinajstić information content (AvgIpc) is 2.54. The minimum absolute atomic E-state index is 0.0872. The largest absolute Gasteiger partial charge is 0.363 e. The molecule has 0 amide bonds. The summed E-state index contributed by atoms with van der Waals surface area (Å²) in [5, 5.41) is 11.5. The molecule has 0 spiro atoms. The van der Waals surface area contributed by atoms with E-state index in [4.69, 9.17) is 0 Å². The maximum absolute atomic E-state index is 12.3. The van der Waals surface area contributed by atoms with Crippen molar-refractivity contribution in [1.82, 2.24) is 14.5 Å². The van der Waals surface area contributed by atoms with Crippen molar-refractivity contribution in [3.8, 4) is 0 Å². The third-order valence-corrected chi connectivity index (χ3v) is 5.61. The van der Waals surface area contributed by atoms with Crippen LogP contribution in [-0.4, -0.2) is 83.6 Å². The van der Waals surface area contributed by atoms with E-state index in [9.17, 15) is 18.5 Å². The first-order valence-corrected chi connectivity index (χ1v) is 9.55. The predicted octanol–water partition coefficient (Wildman–Crippen LogP) is 0.187. The first-order valence-electron chi connectivity index (χ1n) is 8.07. The molecule has 25 heavy (non-hydrogen) atoms. The lowest BCUT2D eigenvalue weighted by Crippen LogP contribution is -2.44. The SMILES string of the molecule is CN(C)CCNS(=O)(=O)c1ccc(N2CCN(C)CC2)c([N+](=O)[O-])c1. The van der Waals surface area contributed by atoms with Crippen molar-refractivity contribution >= 4 is 21.4 Å². The van der Waals surface area contributed by atoms with Crippen LogP contribution in [0.1, 0.15) is 0 Å². The second kappa shape index (κ2) is 8.09. The van der Waals surface area contributed by atoms with Gasteiger partial charge in [0.2, 0.25) is 10.0 Å². The number of likely N-dealkylation sites (N-methyl/N-ethyl adjacent to an activating group) is 2. The minimum Gasteiger partial charge on any atom is -0.363 e. The summed E-state index contributed by atoms with van der Waals surface area (Å²) in [6.07, 6.45) is 0. The Morgan fingerprint density at radius 1 is 1.24 bits per heavy atom. The van der Waals surface area contributed by atoms with Crippen LogP contribution in [0.4, 0.5) is 11.4 Å². The molecule has 0 atom stereocenters. The highest BCUT2D eigenvalue weighted by molar-refractivity contribution is 7.89. The number of benzene rings is 1. The Balaban J connectivity index is 2.24. The molecule has 1 fully saturated rings. The number of nitro groups is 1. The quantitative estimate of drug-likeness (QED) is 0.539. The standard InChI is InChI=1S/C15H25N5O4S/c1-17(2)7-6-16-25(23,24)13-4-5-14(15(12-13)20(21)22)19-10-8-18(3)9-11-19/h4-5,12,16H,6-11H2,1-3H3. The van der Waals surface area contributed by atoms with Crippen LogP contribution < -0.4 is 9.62 Å². The molecule has 1 saturated heterocycles. The van der Waals surface area contributed by atoms with Gasteiger partial charge in [0.1, 0.15) is 5.69 Å². The van der Waals surface area contributed by atoms with Gasteiger partial charge in [-0.1, -0.05) is 0 Å². The second-order valence-corrected chi connectivity index (χ2v) is 8.17. The molecule has 2 rings (SSSR count).